The van der Waals surface area contributed by atoms with Gasteiger partial charge in [0.25, 0.3) is 5.91 Å². The van der Waals surface area contributed by atoms with E-state index >= 15 is 8.78 Å². The van der Waals surface area contributed by atoms with E-state index in [0.717, 1.165) is 20.1 Å². The summed E-state index contributed by atoms with van der Waals surface area (Å²) in [5, 5.41) is 11.1. The van der Waals surface area contributed by atoms with E-state index in [1.807, 2.05) is 6.07 Å². The van der Waals surface area contributed by atoms with Crippen LogP contribution in [-0.4, -0.2) is 24.8 Å². The number of ketones is 1. The highest BCUT2D eigenvalue weighted by Crippen LogP contribution is 2.35. The lowest BCUT2D eigenvalue weighted by atomic mass is 9.96. The van der Waals surface area contributed by atoms with Crippen LogP contribution in [0.5, 0.6) is 0 Å². The number of nitrogens with zero attached hydrogens (tertiary/aromatic N) is 1. The molecule has 0 spiro atoms. The van der Waals surface area contributed by atoms with E-state index in [2.05, 4.69) is 10.1 Å². The fraction of sp³-hybridized carbons (Fsp3) is 0.0833. The van der Waals surface area contributed by atoms with Gasteiger partial charge in [0.15, 0.2) is 17.4 Å². The number of carbonyl (C=O) groups is 3. The average Bonchev–Trinajstić information content (AvgIpc) is 2.80. The van der Waals surface area contributed by atoms with Gasteiger partial charge in [-0.25, -0.2) is 22.4 Å². The summed E-state index contributed by atoms with van der Waals surface area (Å²) in [4.78, 5) is 36.7. The predicted octanol–water partition coefficient (Wildman–Crippen LogP) is 5.68. The van der Waals surface area contributed by atoms with Gasteiger partial charge in [0.05, 0.1) is 51.7 Å². The Kier molecular flexibility index (Phi) is 7.22. The lowest BCUT2D eigenvalue weighted by Gasteiger charge is -2.16. The fourth-order valence-corrected chi connectivity index (χ4v) is 3.48. The molecule has 0 atom stereocenters. The summed E-state index contributed by atoms with van der Waals surface area (Å²) >= 11 is 5.98. The molecule has 0 unspecified atom stereocenters. The topological polar surface area (TPSA) is 96.3 Å². The first-order valence-electron chi connectivity index (χ1n) is 9.61. The molecule has 0 bridgehead atoms. The van der Waals surface area contributed by atoms with Crippen molar-refractivity contribution < 1.29 is 36.7 Å². The summed E-state index contributed by atoms with van der Waals surface area (Å²) in [6, 6.07) is 7.28. The van der Waals surface area contributed by atoms with E-state index in [0.29, 0.717) is 18.2 Å². The molecule has 0 fully saturated rings. The second-order valence-electron chi connectivity index (χ2n) is 7.10. The van der Waals surface area contributed by atoms with Gasteiger partial charge < -0.3 is 10.1 Å². The molecule has 3 aromatic carbocycles. The fourth-order valence-electron chi connectivity index (χ4n) is 3.28. The van der Waals surface area contributed by atoms with Crippen molar-refractivity contribution in [2.45, 2.75) is 6.92 Å². The van der Waals surface area contributed by atoms with E-state index in [1.165, 1.54) is 12.1 Å². The third-order valence-electron chi connectivity index (χ3n) is 4.88. The molecule has 0 aromatic heterocycles. The van der Waals surface area contributed by atoms with Gasteiger partial charge >= 0.3 is 5.97 Å². The van der Waals surface area contributed by atoms with Gasteiger partial charge in [-0.1, -0.05) is 11.6 Å². The molecule has 0 aliphatic heterocycles. The molecule has 178 valence electrons. The summed E-state index contributed by atoms with van der Waals surface area (Å²) in [7, 11) is 0.900. The number of nitrogens with one attached hydrogen (secondary N) is 1. The van der Waals surface area contributed by atoms with Gasteiger partial charge in [0.2, 0.25) is 0 Å². The first-order valence-corrected chi connectivity index (χ1v) is 9.99. The Morgan fingerprint density at radius 2 is 1.66 bits per heavy atom. The maximum Gasteiger partial charge on any atom is 0.340 e. The number of halogens is 5. The molecule has 0 saturated heterocycles. The van der Waals surface area contributed by atoms with E-state index < -0.39 is 68.9 Å². The molecule has 1 amide bonds. The minimum atomic E-state index is -1.59. The summed E-state index contributed by atoms with van der Waals surface area (Å²) in [5.41, 5.74) is -3.92. The molecule has 11 heteroatoms. The van der Waals surface area contributed by atoms with Crippen molar-refractivity contribution in [2.24, 2.45) is 0 Å². The van der Waals surface area contributed by atoms with Crippen LogP contribution >= 0.6 is 11.6 Å². The van der Waals surface area contributed by atoms with E-state index in [-0.39, 0.29) is 16.1 Å². The number of anilines is 1. The van der Waals surface area contributed by atoms with Crippen molar-refractivity contribution in [3.63, 3.8) is 0 Å². The van der Waals surface area contributed by atoms with Gasteiger partial charge in [-0.2, -0.15) is 5.26 Å². The summed E-state index contributed by atoms with van der Waals surface area (Å²) in [6.45, 7) is 0.935. The first-order chi connectivity index (χ1) is 16.5. The molecule has 3 aromatic rings. The van der Waals surface area contributed by atoms with Gasteiger partial charge in [-0.3, -0.25) is 9.59 Å². The molecule has 6 nitrogen and oxygen atoms in total. The van der Waals surface area contributed by atoms with Crippen LogP contribution < -0.4 is 5.32 Å². The number of carbonyl (C=O) groups excluding carboxylic acids is 3. The first kappa shape index (κ1) is 25.4. The minimum Gasteiger partial charge on any atom is -0.465 e. The Hall–Kier alpha value is -4.23. The molecular formula is C24H13ClF4N2O4. The van der Waals surface area contributed by atoms with E-state index in [9.17, 15) is 23.2 Å². The number of benzene rings is 3. The van der Waals surface area contributed by atoms with Crippen LogP contribution in [0.15, 0.2) is 36.4 Å². The zero-order valence-corrected chi connectivity index (χ0v) is 18.7. The SMILES string of the molecule is COC(=O)c1cc(-c2c(F)cc(NC(=O)c3cc(C#N)ccc3Cl)c(C(C)=O)c2F)cc(F)c1F. The lowest BCUT2D eigenvalue weighted by molar-refractivity contribution is 0.0594. The van der Waals surface area contributed by atoms with Crippen molar-refractivity contribution in [2.75, 3.05) is 12.4 Å². The summed E-state index contributed by atoms with van der Waals surface area (Å²) < 4.78 is 62.9. The average molecular weight is 505 g/mol. The Morgan fingerprint density at radius 1 is 0.971 bits per heavy atom. The quantitative estimate of drug-likeness (QED) is 0.274. The molecule has 0 radical (unpaired) electrons. The predicted molar refractivity (Wildman–Crippen MR) is 117 cm³/mol. The third-order valence-corrected chi connectivity index (χ3v) is 5.21. The Labute approximate surface area is 200 Å². The van der Waals surface area contributed by atoms with Gasteiger partial charge in [0.1, 0.15) is 11.6 Å². The monoisotopic (exact) mass is 504 g/mol. The van der Waals surface area contributed by atoms with Crippen LogP contribution in [-0.2, 0) is 4.74 Å². The van der Waals surface area contributed by atoms with Crippen molar-refractivity contribution in [1.29, 1.82) is 5.26 Å². The van der Waals surface area contributed by atoms with Crippen molar-refractivity contribution >= 4 is 34.9 Å². The second-order valence-corrected chi connectivity index (χ2v) is 7.51. The maximum absolute atomic E-state index is 15.4. The third kappa shape index (κ3) is 4.85. The standard InChI is InChI=1S/C24H13ClF4N2O4/c1-10(32)19-18(31-23(33)13-5-11(9-30)3-4-15(13)25)8-16(26)20(22(19)29)12-6-14(24(34)35-2)21(28)17(27)7-12/h3-8H,1-2H3,(H,31,33). The van der Waals surface area contributed by atoms with Crippen molar-refractivity contribution in [3.05, 3.63) is 86.9 Å². The normalized spacial score (nSPS) is 10.5. The zero-order chi connectivity index (χ0) is 26.0. The maximum atomic E-state index is 15.4. The van der Waals surface area contributed by atoms with E-state index in [1.54, 1.807) is 0 Å². The summed E-state index contributed by atoms with van der Waals surface area (Å²) in [5.74, 6) is -9.23. The van der Waals surface area contributed by atoms with Gasteiger partial charge in [-0.05, 0) is 48.9 Å². The smallest absolute Gasteiger partial charge is 0.340 e. The highest BCUT2D eigenvalue weighted by Gasteiger charge is 2.27. The van der Waals surface area contributed by atoms with E-state index in [4.69, 9.17) is 16.9 Å². The lowest BCUT2D eigenvalue weighted by Crippen LogP contribution is -2.17. The van der Waals surface area contributed by atoms with Crippen LogP contribution in [0.4, 0.5) is 23.2 Å². The van der Waals surface area contributed by atoms with Crippen LogP contribution in [0.25, 0.3) is 11.1 Å². The van der Waals surface area contributed by atoms with Crippen LogP contribution in [0.3, 0.4) is 0 Å². The molecule has 0 aliphatic rings. The number of rotatable bonds is 5. The number of methoxy groups -OCH3 is 1. The molecule has 35 heavy (non-hydrogen) atoms. The highest BCUT2D eigenvalue weighted by molar-refractivity contribution is 6.34. The Bertz CT molecular complexity index is 1450. The minimum absolute atomic E-state index is 0.0689. The zero-order valence-electron chi connectivity index (χ0n) is 17.9. The second kappa shape index (κ2) is 9.95. The van der Waals surface area contributed by atoms with Gasteiger partial charge in [-0.15, -0.1) is 0 Å². The van der Waals surface area contributed by atoms with Crippen LogP contribution in [0, 0.1) is 34.6 Å². The summed E-state index contributed by atoms with van der Waals surface area (Å²) in [6.07, 6.45) is 0. The molecular weight excluding hydrogens is 492 g/mol. The van der Waals surface area contributed by atoms with Crippen LogP contribution in [0.1, 0.15) is 43.6 Å². The number of Topliss-reactive ketones (excluding diaryl/α,β-unsaturated/α-hetero) is 1. The molecule has 0 saturated carbocycles. The molecule has 0 aliphatic carbocycles. The molecule has 3 rings (SSSR count). The molecule has 1 N–H and O–H groups in total. The van der Waals surface area contributed by atoms with Crippen LogP contribution in [0.2, 0.25) is 5.02 Å². The Balaban J connectivity index is 2.17. The largest absolute Gasteiger partial charge is 0.465 e. The van der Waals surface area contributed by atoms with Gasteiger partial charge in [0, 0.05) is 0 Å². The number of hydrogen-bond donors (Lipinski definition) is 1. The number of nitriles is 1. The van der Waals surface area contributed by atoms with Crippen molar-refractivity contribution in [3.8, 4) is 17.2 Å². The molecule has 0 heterocycles. The number of esters is 1. The highest BCUT2D eigenvalue weighted by atomic mass is 35.5. The number of amides is 1. The number of ether oxygens (including phenoxy) is 1. The Morgan fingerprint density at radius 3 is 2.26 bits per heavy atom. The number of hydrogen-bond acceptors (Lipinski definition) is 5. The van der Waals surface area contributed by atoms with Crippen molar-refractivity contribution in [1.82, 2.24) is 0 Å².